The first-order valence-electron chi connectivity index (χ1n) is 12.6. The number of nitrogens with zero attached hydrogens (tertiary/aromatic N) is 1. The Morgan fingerprint density at radius 3 is 2.42 bits per heavy atom. The molecular formula is C28H38N2O6. The zero-order valence-electron chi connectivity index (χ0n) is 21.5. The first-order chi connectivity index (χ1) is 17.4. The highest BCUT2D eigenvalue weighted by atomic mass is 16.6. The Labute approximate surface area is 213 Å². The second kappa shape index (κ2) is 13.8. The van der Waals surface area contributed by atoms with Gasteiger partial charge in [-0.05, 0) is 68.4 Å². The van der Waals surface area contributed by atoms with Gasteiger partial charge in [-0.2, -0.15) is 0 Å². The van der Waals surface area contributed by atoms with Gasteiger partial charge in [-0.15, -0.1) is 0 Å². The quantitative estimate of drug-likeness (QED) is 0.302. The van der Waals surface area contributed by atoms with Crippen molar-refractivity contribution in [3.63, 3.8) is 0 Å². The summed E-state index contributed by atoms with van der Waals surface area (Å²) in [5, 5.41) is 14.1. The summed E-state index contributed by atoms with van der Waals surface area (Å²) in [4.78, 5) is 27.1. The minimum atomic E-state index is -0.888. The van der Waals surface area contributed by atoms with Gasteiger partial charge in [0.05, 0.1) is 13.2 Å². The fraction of sp³-hybridized carbons (Fsp3) is 0.500. The van der Waals surface area contributed by atoms with Crippen LogP contribution in [0.3, 0.4) is 0 Å². The number of nitrogens with one attached hydrogen (secondary N) is 1. The summed E-state index contributed by atoms with van der Waals surface area (Å²) in [5.74, 6) is 1.97. The number of aliphatic hydroxyl groups is 1. The van der Waals surface area contributed by atoms with Crippen LogP contribution in [0.15, 0.2) is 42.5 Å². The van der Waals surface area contributed by atoms with Crippen molar-refractivity contribution in [2.75, 3.05) is 40.5 Å². The van der Waals surface area contributed by atoms with Crippen LogP contribution < -0.4 is 19.5 Å². The summed E-state index contributed by atoms with van der Waals surface area (Å²) >= 11 is 0. The molecule has 0 radical (unpaired) electrons. The van der Waals surface area contributed by atoms with Crippen molar-refractivity contribution in [2.24, 2.45) is 0 Å². The average molecular weight is 499 g/mol. The normalized spacial score (nSPS) is 14.2. The number of unbranched alkanes of at least 4 members (excludes halogenated alkanes) is 2. The Hall–Kier alpha value is -3.10. The number of carbonyl (C=O) groups is 2. The van der Waals surface area contributed by atoms with E-state index in [9.17, 15) is 14.7 Å². The first kappa shape index (κ1) is 27.5. The van der Waals surface area contributed by atoms with Gasteiger partial charge in [0.1, 0.15) is 25.1 Å². The molecule has 1 aliphatic rings. The number of likely N-dealkylation sites (N-methyl/N-ethyl adjacent to an activating group) is 1. The maximum absolute atomic E-state index is 12.7. The van der Waals surface area contributed by atoms with Crippen LogP contribution in [0, 0.1) is 0 Å². The minimum Gasteiger partial charge on any atom is -0.497 e. The van der Waals surface area contributed by atoms with E-state index in [0.29, 0.717) is 61.6 Å². The Bertz CT molecular complexity index is 994. The zero-order valence-corrected chi connectivity index (χ0v) is 21.5. The summed E-state index contributed by atoms with van der Waals surface area (Å²) in [5.41, 5.74) is 1.34. The van der Waals surface area contributed by atoms with E-state index in [4.69, 9.17) is 14.2 Å². The van der Waals surface area contributed by atoms with Crippen LogP contribution in [0.2, 0.25) is 0 Å². The number of aliphatic hydroxyl groups excluding tert-OH is 1. The number of ketones is 1. The third kappa shape index (κ3) is 7.96. The Morgan fingerprint density at radius 1 is 1.03 bits per heavy atom. The lowest BCUT2D eigenvalue weighted by molar-refractivity contribution is -0.123. The van der Waals surface area contributed by atoms with Gasteiger partial charge in [0.15, 0.2) is 17.3 Å². The van der Waals surface area contributed by atoms with E-state index in [-0.39, 0.29) is 11.7 Å². The van der Waals surface area contributed by atoms with E-state index in [1.54, 1.807) is 43.5 Å². The smallest absolute Gasteiger partial charge is 0.220 e. The number of rotatable bonds is 14. The molecule has 1 aliphatic heterocycles. The predicted octanol–water partition coefficient (Wildman–Crippen LogP) is 3.77. The summed E-state index contributed by atoms with van der Waals surface area (Å²) in [6.45, 7) is 4.31. The van der Waals surface area contributed by atoms with Crippen molar-refractivity contribution in [3.8, 4) is 17.2 Å². The van der Waals surface area contributed by atoms with Crippen molar-refractivity contribution in [1.82, 2.24) is 10.2 Å². The second-order valence-electron chi connectivity index (χ2n) is 9.09. The molecular weight excluding hydrogens is 460 g/mol. The summed E-state index contributed by atoms with van der Waals surface area (Å²) < 4.78 is 16.3. The van der Waals surface area contributed by atoms with Crippen molar-refractivity contribution in [3.05, 3.63) is 53.6 Å². The molecule has 8 nitrogen and oxygen atoms in total. The summed E-state index contributed by atoms with van der Waals surface area (Å²) in [7, 11) is 3.55. The van der Waals surface area contributed by atoms with Crippen LogP contribution in [0.25, 0.3) is 0 Å². The number of benzene rings is 2. The van der Waals surface area contributed by atoms with Gasteiger partial charge in [0.25, 0.3) is 0 Å². The molecule has 3 rings (SSSR count). The zero-order chi connectivity index (χ0) is 25.9. The van der Waals surface area contributed by atoms with Gasteiger partial charge in [-0.3, -0.25) is 9.59 Å². The molecule has 0 spiro atoms. The molecule has 0 aliphatic carbocycles. The molecule has 0 saturated heterocycles. The monoisotopic (exact) mass is 498 g/mol. The molecule has 2 aromatic rings. The highest BCUT2D eigenvalue weighted by Crippen LogP contribution is 2.33. The largest absolute Gasteiger partial charge is 0.497 e. The van der Waals surface area contributed by atoms with Crippen LogP contribution in [0.5, 0.6) is 17.2 Å². The molecule has 1 amide bonds. The second-order valence-corrected chi connectivity index (χ2v) is 9.09. The number of hydrogen-bond donors (Lipinski definition) is 2. The predicted molar refractivity (Wildman–Crippen MR) is 138 cm³/mol. The average Bonchev–Trinajstić information content (AvgIpc) is 2.91. The van der Waals surface area contributed by atoms with Crippen LogP contribution in [0.1, 0.15) is 61.1 Å². The van der Waals surface area contributed by atoms with Crippen molar-refractivity contribution in [1.29, 1.82) is 0 Å². The molecule has 0 saturated carbocycles. The third-order valence-corrected chi connectivity index (χ3v) is 6.40. The fourth-order valence-electron chi connectivity index (χ4n) is 4.11. The number of carbonyl (C=O) groups excluding carboxylic acids is 2. The molecule has 0 aromatic heterocycles. The van der Waals surface area contributed by atoms with Gasteiger partial charge in [-0.1, -0.05) is 19.4 Å². The maximum atomic E-state index is 12.7. The van der Waals surface area contributed by atoms with Crippen LogP contribution in [0.4, 0.5) is 0 Å². The maximum Gasteiger partial charge on any atom is 0.220 e. The van der Waals surface area contributed by atoms with E-state index in [0.717, 1.165) is 25.1 Å². The Balaban J connectivity index is 1.47. The van der Waals surface area contributed by atoms with Crippen molar-refractivity contribution >= 4 is 11.7 Å². The van der Waals surface area contributed by atoms with Crippen LogP contribution in [-0.4, -0.2) is 68.2 Å². The van der Waals surface area contributed by atoms with Crippen LogP contribution >= 0.6 is 0 Å². The third-order valence-electron chi connectivity index (χ3n) is 6.40. The highest BCUT2D eigenvalue weighted by molar-refractivity contribution is 5.96. The Morgan fingerprint density at radius 2 is 1.72 bits per heavy atom. The molecule has 8 heteroatoms. The topological polar surface area (TPSA) is 97.3 Å². The van der Waals surface area contributed by atoms with Gasteiger partial charge in [0.2, 0.25) is 5.91 Å². The SMILES string of the molecule is CCN(C)C[C@H](NC(=O)CCCCCC(=O)c1ccc(OC)cc1)[C@@H](O)c1ccc2c(c1)OCCO2. The molecule has 2 atom stereocenters. The van der Waals surface area contributed by atoms with Crippen molar-refractivity contribution < 1.29 is 28.9 Å². The molecule has 0 fully saturated rings. The minimum absolute atomic E-state index is 0.0901. The molecule has 2 N–H and O–H groups in total. The van der Waals surface area contributed by atoms with E-state index >= 15 is 0 Å². The molecule has 1 heterocycles. The van der Waals surface area contributed by atoms with Crippen LogP contribution in [-0.2, 0) is 4.79 Å². The van der Waals surface area contributed by atoms with E-state index < -0.39 is 12.1 Å². The lowest BCUT2D eigenvalue weighted by Gasteiger charge is -2.29. The standard InChI is InChI=1S/C28H38N2O6/c1-4-30(2)19-23(28(33)21-12-15-25-26(18-21)36-17-16-35-25)29-27(32)9-7-5-6-8-24(31)20-10-13-22(34-3)14-11-20/h10-15,18,23,28,33H,4-9,16-17,19H2,1-3H3,(H,29,32)/t23-,28-/m0/s1. The number of ether oxygens (including phenoxy) is 3. The van der Waals surface area contributed by atoms with E-state index in [1.807, 2.05) is 20.0 Å². The molecule has 2 aromatic carbocycles. The lowest BCUT2D eigenvalue weighted by atomic mass is 10.00. The number of methoxy groups -OCH3 is 1. The van der Waals surface area contributed by atoms with Crippen molar-refractivity contribution in [2.45, 2.75) is 51.2 Å². The lowest BCUT2D eigenvalue weighted by Crippen LogP contribution is -2.46. The van der Waals surface area contributed by atoms with Gasteiger partial charge in [0, 0.05) is 24.9 Å². The molecule has 0 bridgehead atoms. The Kier molecular flexibility index (Phi) is 10.6. The molecule has 0 unspecified atom stereocenters. The molecule has 36 heavy (non-hydrogen) atoms. The fourth-order valence-corrected chi connectivity index (χ4v) is 4.11. The highest BCUT2D eigenvalue weighted by Gasteiger charge is 2.25. The van der Waals surface area contributed by atoms with Gasteiger partial charge in [-0.25, -0.2) is 0 Å². The van der Waals surface area contributed by atoms with E-state index in [2.05, 4.69) is 10.2 Å². The van der Waals surface area contributed by atoms with E-state index in [1.165, 1.54) is 0 Å². The number of hydrogen-bond acceptors (Lipinski definition) is 7. The summed E-state index contributed by atoms with van der Waals surface area (Å²) in [6, 6.07) is 12.0. The summed E-state index contributed by atoms with van der Waals surface area (Å²) in [6.07, 6.45) is 2.08. The first-order valence-corrected chi connectivity index (χ1v) is 12.6. The van der Waals surface area contributed by atoms with Gasteiger partial charge >= 0.3 is 0 Å². The molecule has 196 valence electrons. The van der Waals surface area contributed by atoms with Gasteiger partial charge < -0.3 is 29.5 Å². The number of Topliss-reactive ketones (excluding diaryl/α,β-unsaturated/α-hetero) is 1. The number of amides is 1. The number of fused-ring (bicyclic) bond motifs is 1.